The van der Waals surface area contributed by atoms with E-state index in [4.69, 9.17) is 0 Å². The molecule has 122 valence electrons. The average molecular weight is 306 g/mol. The van der Waals surface area contributed by atoms with Crippen LogP contribution >= 0.6 is 0 Å². The molecule has 0 aromatic rings. The highest BCUT2D eigenvalue weighted by molar-refractivity contribution is 5.91. The number of likely N-dealkylation sites (tertiary alicyclic amines) is 1. The molecule has 4 saturated carbocycles. The Morgan fingerprint density at radius 3 is 2.09 bits per heavy atom. The van der Waals surface area contributed by atoms with Crippen molar-refractivity contribution >= 4 is 11.8 Å². The molecule has 4 aliphatic carbocycles. The van der Waals surface area contributed by atoms with Crippen molar-refractivity contribution < 1.29 is 14.7 Å². The fourth-order valence-electron chi connectivity index (χ4n) is 6.13. The summed E-state index contributed by atoms with van der Waals surface area (Å²) in [6, 6.07) is -0.486. The number of carbonyl (C=O) groups is 2. The number of aliphatic hydroxyl groups is 1. The van der Waals surface area contributed by atoms with Crippen LogP contribution in [-0.2, 0) is 9.59 Å². The Morgan fingerprint density at radius 2 is 1.59 bits per heavy atom. The van der Waals surface area contributed by atoms with E-state index in [1.165, 1.54) is 19.3 Å². The van der Waals surface area contributed by atoms with Crippen LogP contribution < -0.4 is 5.32 Å². The molecule has 0 spiro atoms. The zero-order valence-electron chi connectivity index (χ0n) is 13.3. The fourth-order valence-corrected chi connectivity index (χ4v) is 6.13. The maximum Gasteiger partial charge on any atom is 0.242 e. The van der Waals surface area contributed by atoms with Gasteiger partial charge in [0, 0.05) is 20.0 Å². The molecular weight excluding hydrogens is 280 g/mol. The van der Waals surface area contributed by atoms with Gasteiger partial charge in [-0.1, -0.05) is 0 Å². The third-order valence-electron chi connectivity index (χ3n) is 6.58. The number of rotatable bonds is 2. The van der Waals surface area contributed by atoms with E-state index >= 15 is 0 Å². The van der Waals surface area contributed by atoms with Gasteiger partial charge in [0.15, 0.2) is 0 Å². The summed E-state index contributed by atoms with van der Waals surface area (Å²) in [7, 11) is 1.60. The standard InChI is InChI=1S/C17H26N2O3/c1-18-15(21)14-5-13(20)9-19(14)16(22)17-6-10-2-11(7-17)4-12(3-10)8-17/h10-14,20H,2-9H2,1H3,(H,18,21). The number of likely N-dealkylation sites (N-methyl/N-ethyl adjacent to an activating group) is 1. The quantitative estimate of drug-likeness (QED) is 0.797. The summed E-state index contributed by atoms with van der Waals surface area (Å²) in [4.78, 5) is 27.1. The van der Waals surface area contributed by atoms with Crippen molar-refractivity contribution in [1.82, 2.24) is 10.2 Å². The van der Waals surface area contributed by atoms with Crippen molar-refractivity contribution in [3.63, 3.8) is 0 Å². The average Bonchev–Trinajstić information content (AvgIpc) is 2.86. The maximum atomic E-state index is 13.3. The van der Waals surface area contributed by atoms with Gasteiger partial charge in [0.05, 0.1) is 11.5 Å². The summed E-state index contributed by atoms with van der Waals surface area (Å²) in [5, 5.41) is 12.6. The molecule has 2 atom stereocenters. The lowest BCUT2D eigenvalue weighted by Gasteiger charge is -2.56. The van der Waals surface area contributed by atoms with Gasteiger partial charge in [0.2, 0.25) is 11.8 Å². The molecule has 1 aliphatic heterocycles. The molecule has 5 nitrogen and oxygen atoms in total. The number of nitrogens with one attached hydrogen (secondary N) is 1. The van der Waals surface area contributed by atoms with Gasteiger partial charge < -0.3 is 15.3 Å². The monoisotopic (exact) mass is 306 g/mol. The lowest BCUT2D eigenvalue weighted by molar-refractivity contribution is -0.160. The van der Waals surface area contributed by atoms with E-state index < -0.39 is 12.1 Å². The van der Waals surface area contributed by atoms with E-state index in [0.717, 1.165) is 19.3 Å². The minimum Gasteiger partial charge on any atom is -0.391 e. The lowest BCUT2D eigenvalue weighted by Crippen LogP contribution is -2.57. The Bertz CT molecular complexity index is 469. The molecule has 0 aromatic heterocycles. The molecule has 2 N–H and O–H groups in total. The van der Waals surface area contributed by atoms with Gasteiger partial charge in [0.1, 0.15) is 6.04 Å². The summed E-state index contributed by atoms with van der Waals surface area (Å²) in [6.07, 6.45) is 6.72. The van der Waals surface area contributed by atoms with E-state index in [2.05, 4.69) is 5.32 Å². The molecular formula is C17H26N2O3. The third kappa shape index (κ3) is 2.08. The number of hydrogen-bond acceptors (Lipinski definition) is 3. The first kappa shape index (κ1) is 14.5. The van der Waals surface area contributed by atoms with Crippen molar-refractivity contribution in [1.29, 1.82) is 0 Å². The zero-order chi connectivity index (χ0) is 15.5. The smallest absolute Gasteiger partial charge is 0.242 e. The van der Waals surface area contributed by atoms with E-state index in [0.29, 0.717) is 30.7 Å². The molecule has 1 heterocycles. The Labute approximate surface area is 131 Å². The van der Waals surface area contributed by atoms with Crippen molar-refractivity contribution in [3.8, 4) is 0 Å². The third-order valence-corrected chi connectivity index (χ3v) is 6.58. The van der Waals surface area contributed by atoms with Crippen LogP contribution in [0.3, 0.4) is 0 Å². The van der Waals surface area contributed by atoms with Crippen LogP contribution in [0.1, 0.15) is 44.9 Å². The van der Waals surface area contributed by atoms with Crippen molar-refractivity contribution in [2.45, 2.75) is 57.1 Å². The van der Waals surface area contributed by atoms with Gasteiger partial charge in [-0.3, -0.25) is 9.59 Å². The number of aliphatic hydroxyl groups excluding tert-OH is 1. The first-order valence-corrected chi connectivity index (χ1v) is 8.71. The van der Waals surface area contributed by atoms with Gasteiger partial charge >= 0.3 is 0 Å². The maximum absolute atomic E-state index is 13.3. The number of amides is 2. The van der Waals surface area contributed by atoms with Crippen LogP contribution in [0, 0.1) is 23.2 Å². The first-order valence-electron chi connectivity index (χ1n) is 8.71. The number of carbonyl (C=O) groups excluding carboxylic acids is 2. The summed E-state index contributed by atoms with van der Waals surface area (Å²) >= 11 is 0. The molecule has 2 unspecified atom stereocenters. The second kappa shape index (κ2) is 4.95. The fraction of sp³-hybridized carbons (Fsp3) is 0.882. The molecule has 5 fully saturated rings. The van der Waals surface area contributed by atoms with Crippen LogP contribution in [0.4, 0.5) is 0 Å². The minimum absolute atomic E-state index is 0.144. The van der Waals surface area contributed by atoms with Gasteiger partial charge in [0.25, 0.3) is 0 Å². The SMILES string of the molecule is CNC(=O)C1CC(O)CN1C(=O)C12CC3CC(CC(C3)C1)C2. The summed E-state index contributed by atoms with van der Waals surface area (Å²) in [5.74, 6) is 2.13. The van der Waals surface area contributed by atoms with Crippen molar-refractivity contribution in [2.75, 3.05) is 13.6 Å². The molecule has 5 rings (SSSR count). The summed E-state index contributed by atoms with van der Waals surface area (Å²) < 4.78 is 0. The van der Waals surface area contributed by atoms with Crippen molar-refractivity contribution in [2.24, 2.45) is 23.2 Å². The van der Waals surface area contributed by atoms with Gasteiger partial charge in [-0.2, -0.15) is 0 Å². The molecule has 0 aromatic carbocycles. The number of hydrogen-bond donors (Lipinski definition) is 2. The van der Waals surface area contributed by atoms with Gasteiger partial charge in [-0.15, -0.1) is 0 Å². The minimum atomic E-state index is -0.569. The molecule has 2 amide bonds. The molecule has 0 radical (unpaired) electrons. The van der Waals surface area contributed by atoms with E-state index in [-0.39, 0.29) is 17.2 Å². The molecule has 5 heteroatoms. The first-order chi connectivity index (χ1) is 10.5. The van der Waals surface area contributed by atoms with E-state index in [9.17, 15) is 14.7 Å². The highest BCUT2D eigenvalue weighted by Crippen LogP contribution is 2.60. The second-order valence-electron chi connectivity index (χ2n) is 8.17. The summed E-state index contributed by atoms with van der Waals surface area (Å²) in [6.45, 7) is 0.318. The second-order valence-corrected chi connectivity index (χ2v) is 8.17. The van der Waals surface area contributed by atoms with Gasteiger partial charge in [-0.25, -0.2) is 0 Å². The van der Waals surface area contributed by atoms with Crippen LogP contribution in [0.15, 0.2) is 0 Å². The predicted molar refractivity (Wildman–Crippen MR) is 80.8 cm³/mol. The Balaban J connectivity index is 1.59. The highest BCUT2D eigenvalue weighted by Gasteiger charge is 2.57. The van der Waals surface area contributed by atoms with Crippen LogP contribution in [0.25, 0.3) is 0 Å². The molecule has 22 heavy (non-hydrogen) atoms. The normalized spacial score (nSPS) is 46.1. The van der Waals surface area contributed by atoms with Crippen molar-refractivity contribution in [3.05, 3.63) is 0 Å². The Kier molecular flexibility index (Phi) is 3.26. The molecule has 1 saturated heterocycles. The number of β-amino-alcohol motifs (C(OH)–C–C–N with tert-alkyl or cyclic N) is 1. The van der Waals surface area contributed by atoms with Crippen LogP contribution in [-0.4, -0.2) is 47.6 Å². The van der Waals surface area contributed by atoms with Gasteiger partial charge in [-0.05, 0) is 56.3 Å². The topological polar surface area (TPSA) is 69.6 Å². The summed E-state index contributed by atoms with van der Waals surface area (Å²) in [5.41, 5.74) is -0.231. The van der Waals surface area contributed by atoms with E-state index in [1.807, 2.05) is 0 Å². The Morgan fingerprint density at radius 1 is 1.05 bits per heavy atom. The van der Waals surface area contributed by atoms with Crippen LogP contribution in [0.5, 0.6) is 0 Å². The lowest BCUT2D eigenvalue weighted by atomic mass is 9.49. The molecule has 4 bridgehead atoms. The van der Waals surface area contributed by atoms with Crippen LogP contribution in [0.2, 0.25) is 0 Å². The zero-order valence-corrected chi connectivity index (χ0v) is 13.3. The Hall–Kier alpha value is -1.10. The number of nitrogens with zero attached hydrogens (tertiary/aromatic N) is 1. The molecule has 5 aliphatic rings. The predicted octanol–water partition coefficient (Wildman–Crippen LogP) is 0.911. The largest absolute Gasteiger partial charge is 0.391 e. The van der Waals surface area contributed by atoms with E-state index in [1.54, 1.807) is 11.9 Å². The highest BCUT2D eigenvalue weighted by atomic mass is 16.3.